The van der Waals surface area contributed by atoms with E-state index in [0.717, 1.165) is 25.0 Å². The van der Waals surface area contributed by atoms with Crippen LogP contribution < -0.4 is 10.6 Å². The van der Waals surface area contributed by atoms with Crippen LogP contribution in [0.15, 0.2) is 24.3 Å². The normalized spacial score (nSPS) is 24.7. The summed E-state index contributed by atoms with van der Waals surface area (Å²) in [6, 6.07) is 3.77. The minimum absolute atomic E-state index is 0.0616. The number of likely N-dealkylation sites (N-methyl/N-ethyl adjacent to an activating group) is 1. The maximum absolute atomic E-state index is 12.8. The van der Waals surface area contributed by atoms with Gasteiger partial charge in [0.1, 0.15) is 0 Å². The van der Waals surface area contributed by atoms with Crippen LogP contribution in [0.25, 0.3) is 0 Å². The van der Waals surface area contributed by atoms with Gasteiger partial charge in [0.2, 0.25) is 11.8 Å². The Bertz CT molecular complexity index is 686. The largest absolute Gasteiger partial charge is 0.416 e. The number of nitrogens with zero attached hydrogens (tertiary/aromatic N) is 1. The van der Waals surface area contributed by atoms with E-state index in [0.29, 0.717) is 11.5 Å². The number of nitrogens with one attached hydrogen (secondary N) is 2. The van der Waals surface area contributed by atoms with Gasteiger partial charge in [0.25, 0.3) is 0 Å². The molecular formula is C18H22F3N3O2. The lowest BCUT2D eigenvalue weighted by Crippen LogP contribution is -2.61. The fourth-order valence-corrected chi connectivity index (χ4v) is 3.19. The van der Waals surface area contributed by atoms with Gasteiger partial charge in [0.15, 0.2) is 0 Å². The molecule has 142 valence electrons. The maximum Gasteiger partial charge on any atom is 0.416 e. The first-order valence-electron chi connectivity index (χ1n) is 8.66. The van der Waals surface area contributed by atoms with Crippen molar-refractivity contribution in [2.75, 3.05) is 7.05 Å². The Morgan fingerprint density at radius 3 is 2.38 bits per heavy atom. The summed E-state index contributed by atoms with van der Waals surface area (Å²) >= 11 is 0. The van der Waals surface area contributed by atoms with E-state index in [4.69, 9.17) is 0 Å². The molecule has 3 rings (SSSR count). The average molecular weight is 369 g/mol. The highest BCUT2D eigenvalue weighted by atomic mass is 19.4. The van der Waals surface area contributed by atoms with Crippen molar-refractivity contribution in [3.8, 4) is 0 Å². The SMILES string of the molecule is C[C@H](c1ccc(C(F)(F)F)cc1)N(C)C(=O)C1CC(=O)NC(C2CC2)N1. The summed E-state index contributed by atoms with van der Waals surface area (Å²) in [5.41, 5.74) is -0.117. The van der Waals surface area contributed by atoms with Gasteiger partial charge in [0, 0.05) is 7.05 Å². The highest BCUT2D eigenvalue weighted by Crippen LogP contribution is 2.33. The monoisotopic (exact) mass is 369 g/mol. The number of alkyl halides is 3. The zero-order valence-corrected chi connectivity index (χ0v) is 14.6. The Labute approximate surface area is 149 Å². The summed E-state index contributed by atoms with van der Waals surface area (Å²) in [4.78, 5) is 26.1. The van der Waals surface area contributed by atoms with E-state index in [-0.39, 0.29) is 24.4 Å². The third-order valence-electron chi connectivity index (χ3n) is 5.13. The molecule has 1 heterocycles. The summed E-state index contributed by atoms with van der Waals surface area (Å²) < 4.78 is 38.0. The zero-order valence-electron chi connectivity index (χ0n) is 14.6. The van der Waals surface area contributed by atoms with Crippen LogP contribution >= 0.6 is 0 Å². The number of carbonyl (C=O) groups excluding carboxylic acids is 2. The van der Waals surface area contributed by atoms with Crippen LogP contribution in [-0.2, 0) is 15.8 Å². The standard InChI is InChI=1S/C18H22F3N3O2/c1-10(11-5-7-13(8-6-11)18(19,20)21)24(2)17(26)14-9-15(25)23-16(22-14)12-3-4-12/h5-8,10,12,14,16,22H,3-4,9H2,1-2H3,(H,23,25)/t10-,14?,16?/m1/s1. The van der Waals surface area contributed by atoms with E-state index < -0.39 is 23.8 Å². The molecule has 1 saturated heterocycles. The molecule has 5 nitrogen and oxygen atoms in total. The first kappa shape index (κ1) is 18.7. The number of amides is 2. The lowest BCUT2D eigenvalue weighted by molar-refractivity contribution is -0.139. The van der Waals surface area contributed by atoms with Crippen LogP contribution in [0.3, 0.4) is 0 Å². The lowest BCUT2D eigenvalue weighted by Gasteiger charge is -2.35. The van der Waals surface area contributed by atoms with Gasteiger partial charge in [0.05, 0.1) is 30.2 Å². The number of halogens is 3. The summed E-state index contributed by atoms with van der Waals surface area (Å²) in [5.74, 6) is -0.0281. The van der Waals surface area contributed by atoms with E-state index in [1.54, 1.807) is 14.0 Å². The second-order valence-electron chi connectivity index (χ2n) is 7.05. The third-order valence-corrected chi connectivity index (χ3v) is 5.13. The number of hydrogen-bond donors (Lipinski definition) is 2. The van der Waals surface area contributed by atoms with Crippen molar-refractivity contribution in [3.63, 3.8) is 0 Å². The second kappa shape index (κ2) is 6.90. The minimum atomic E-state index is -4.39. The molecule has 1 aliphatic carbocycles. The molecule has 0 bridgehead atoms. The summed E-state index contributed by atoms with van der Waals surface area (Å²) in [6.45, 7) is 1.75. The van der Waals surface area contributed by atoms with Crippen LogP contribution in [0.1, 0.15) is 43.4 Å². The highest BCUT2D eigenvalue weighted by Gasteiger charge is 2.40. The lowest BCUT2D eigenvalue weighted by atomic mass is 10.0. The van der Waals surface area contributed by atoms with E-state index in [2.05, 4.69) is 10.6 Å². The van der Waals surface area contributed by atoms with Crippen molar-refractivity contribution in [2.24, 2.45) is 5.92 Å². The van der Waals surface area contributed by atoms with E-state index in [1.165, 1.54) is 17.0 Å². The Kier molecular flexibility index (Phi) is 4.96. The number of benzene rings is 1. The molecule has 2 N–H and O–H groups in total. The van der Waals surface area contributed by atoms with Gasteiger partial charge in [-0.15, -0.1) is 0 Å². The molecule has 0 radical (unpaired) electrons. The first-order valence-corrected chi connectivity index (χ1v) is 8.66. The summed E-state index contributed by atoms with van der Waals surface area (Å²) in [5, 5.41) is 6.05. The smallest absolute Gasteiger partial charge is 0.340 e. The van der Waals surface area contributed by atoms with E-state index in [9.17, 15) is 22.8 Å². The van der Waals surface area contributed by atoms with Gasteiger partial charge < -0.3 is 10.2 Å². The van der Waals surface area contributed by atoms with Gasteiger partial charge in [-0.05, 0) is 43.4 Å². The molecule has 2 aliphatic rings. The number of hydrogen-bond acceptors (Lipinski definition) is 3. The third kappa shape index (κ3) is 4.00. The molecule has 1 aliphatic heterocycles. The van der Waals surface area contributed by atoms with Gasteiger partial charge in [-0.25, -0.2) is 0 Å². The van der Waals surface area contributed by atoms with E-state index in [1.807, 2.05) is 0 Å². The molecule has 0 aromatic heterocycles. The highest BCUT2D eigenvalue weighted by molar-refractivity contribution is 5.89. The van der Waals surface area contributed by atoms with Gasteiger partial charge in [-0.3, -0.25) is 14.9 Å². The van der Waals surface area contributed by atoms with Crippen LogP contribution in [-0.4, -0.2) is 36.0 Å². The van der Waals surface area contributed by atoms with Crippen LogP contribution in [0.2, 0.25) is 0 Å². The van der Waals surface area contributed by atoms with Crippen LogP contribution in [0.5, 0.6) is 0 Å². The topological polar surface area (TPSA) is 61.4 Å². The van der Waals surface area contributed by atoms with Gasteiger partial charge in [-0.1, -0.05) is 12.1 Å². The Balaban J connectivity index is 1.68. The van der Waals surface area contributed by atoms with Crippen LogP contribution in [0.4, 0.5) is 13.2 Å². The summed E-state index contributed by atoms with van der Waals surface area (Å²) in [7, 11) is 1.60. The average Bonchev–Trinajstić information content (AvgIpc) is 3.43. The minimum Gasteiger partial charge on any atom is -0.340 e. The van der Waals surface area contributed by atoms with Crippen molar-refractivity contribution in [2.45, 2.75) is 50.6 Å². The Morgan fingerprint density at radius 1 is 1.23 bits per heavy atom. The Morgan fingerprint density at radius 2 is 1.85 bits per heavy atom. The fourth-order valence-electron chi connectivity index (χ4n) is 3.19. The zero-order chi connectivity index (χ0) is 19.1. The van der Waals surface area contributed by atoms with Crippen molar-refractivity contribution < 1.29 is 22.8 Å². The molecule has 2 amide bonds. The molecule has 3 atom stereocenters. The van der Waals surface area contributed by atoms with Crippen molar-refractivity contribution in [3.05, 3.63) is 35.4 Å². The van der Waals surface area contributed by atoms with Crippen LogP contribution in [0, 0.1) is 5.92 Å². The van der Waals surface area contributed by atoms with Crippen molar-refractivity contribution in [1.82, 2.24) is 15.5 Å². The van der Waals surface area contributed by atoms with E-state index >= 15 is 0 Å². The molecular weight excluding hydrogens is 347 g/mol. The van der Waals surface area contributed by atoms with Crippen molar-refractivity contribution >= 4 is 11.8 Å². The first-order chi connectivity index (χ1) is 12.2. The second-order valence-corrected chi connectivity index (χ2v) is 7.05. The van der Waals surface area contributed by atoms with Gasteiger partial charge in [-0.2, -0.15) is 13.2 Å². The van der Waals surface area contributed by atoms with Gasteiger partial charge >= 0.3 is 6.18 Å². The quantitative estimate of drug-likeness (QED) is 0.857. The molecule has 1 aromatic carbocycles. The number of rotatable bonds is 4. The fraction of sp³-hybridized carbons (Fsp3) is 0.556. The molecule has 8 heteroatoms. The number of carbonyl (C=O) groups is 2. The Hall–Kier alpha value is -2.09. The molecule has 1 saturated carbocycles. The maximum atomic E-state index is 12.8. The molecule has 26 heavy (non-hydrogen) atoms. The summed E-state index contributed by atoms with van der Waals surface area (Å²) in [6.07, 6.45) is -2.46. The predicted molar refractivity (Wildman–Crippen MR) is 88.8 cm³/mol. The molecule has 0 spiro atoms. The molecule has 2 unspecified atom stereocenters. The molecule has 1 aromatic rings. The molecule has 2 fully saturated rings. The predicted octanol–water partition coefficient (Wildman–Crippen LogP) is 2.44. The van der Waals surface area contributed by atoms with Crippen molar-refractivity contribution in [1.29, 1.82) is 0 Å².